The molecule has 0 bridgehead atoms. The van der Waals surface area contributed by atoms with Gasteiger partial charge in [0.2, 0.25) is 5.91 Å². The first-order valence-corrected chi connectivity index (χ1v) is 5.37. The second kappa shape index (κ2) is 5.35. The molecule has 1 rings (SSSR count). The van der Waals surface area contributed by atoms with Crippen LogP contribution in [0.4, 0.5) is 11.5 Å². The molecular formula is C11H16N4O3. The molecule has 1 aromatic heterocycles. The minimum Gasteiger partial charge on any atom is -0.478 e. The SMILES string of the molecule is CC(C)C(Nc1cc(C(=O)O)c(N)cn1)C(N)=O. The summed E-state index contributed by atoms with van der Waals surface area (Å²) in [6.07, 6.45) is 1.23. The Bertz CT molecular complexity index is 473. The van der Waals surface area contributed by atoms with Gasteiger partial charge < -0.3 is 21.9 Å². The molecule has 1 aromatic rings. The number of rotatable bonds is 5. The van der Waals surface area contributed by atoms with Gasteiger partial charge in [0.25, 0.3) is 0 Å². The highest BCUT2D eigenvalue weighted by Crippen LogP contribution is 2.17. The number of pyridine rings is 1. The number of carboxylic acid groups (broad SMARTS) is 1. The van der Waals surface area contributed by atoms with Gasteiger partial charge in [-0.3, -0.25) is 4.79 Å². The largest absolute Gasteiger partial charge is 0.478 e. The minimum absolute atomic E-state index is 0.0462. The summed E-state index contributed by atoms with van der Waals surface area (Å²) < 4.78 is 0. The number of nitrogens with one attached hydrogen (secondary N) is 1. The molecule has 7 heteroatoms. The highest BCUT2D eigenvalue weighted by molar-refractivity contribution is 5.94. The lowest BCUT2D eigenvalue weighted by atomic mass is 10.0. The monoisotopic (exact) mass is 252 g/mol. The number of carbonyl (C=O) groups is 2. The van der Waals surface area contributed by atoms with E-state index in [0.29, 0.717) is 0 Å². The van der Waals surface area contributed by atoms with Gasteiger partial charge in [0.1, 0.15) is 11.9 Å². The molecule has 0 fully saturated rings. The predicted molar refractivity (Wildman–Crippen MR) is 67.1 cm³/mol. The van der Waals surface area contributed by atoms with E-state index in [2.05, 4.69) is 10.3 Å². The molecule has 0 saturated carbocycles. The van der Waals surface area contributed by atoms with Crippen LogP contribution in [0.5, 0.6) is 0 Å². The van der Waals surface area contributed by atoms with Crippen LogP contribution in [0.1, 0.15) is 24.2 Å². The average molecular weight is 252 g/mol. The Labute approximate surface area is 104 Å². The van der Waals surface area contributed by atoms with Gasteiger partial charge >= 0.3 is 5.97 Å². The number of nitrogen functional groups attached to an aromatic ring is 1. The number of hydrogen-bond donors (Lipinski definition) is 4. The highest BCUT2D eigenvalue weighted by atomic mass is 16.4. The molecule has 1 atom stereocenters. The molecule has 6 N–H and O–H groups in total. The summed E-state index contributed by atoms with van der Waals surface area (Å²) in [5.74, 6) is -1.48. The fraction of sp³-hybridized carbons (Fsp3) is 0.364. The third kappa shape index (κ3) is 3.09. The van der Waals surface area contributed by atoms with Crippen molar-refractivity contribution in [2.24, 2.45) is 11.7 Å². The maximum absolute atomic E-state index is 11.2. The molecule has 0 aliphatic heterocycles. The van der Waals surface area contributed by atoms with Crippen molar-refractivity contribution < 1.29 is 14.7 Å². The van der Waals surface area contributed by atoms with E-state index in [1.165, 1.54) is 12.3 Å². The standard InChI is InChI=1S/C11H16N4O3/c1-5(2)9(10(13)16)15-8-3-6(11(17)18)7(12)4-14-8/h3-5,9H,12H2,1-2H3,(H2,13,16)(H,14,15)(H,17,18). The number of aromatic nitrogens is 1. The summed E-state index contributed by atoms with van der Waals surface area (Å²) in [7, 11) is 0. The van der Waals surface area contributed by atoms with Crippen LogP contribution in [-0.4, -0.2) is 28.0 Å². The normalized spacial score (nSPS) is 12.2. The van der Waals surface area contributed by atoms with Crippen LogP contribution in [0, 0.1) is 5.92 Å². The highest BCUT2D eigenvalue weighted by Gasteiger charge is 2.20. The third-order valence-electron chi connectivity index (χ3n) is 2.44. The summed E-state index contributed by atoms with van der Waals surface area (Å²) >= 11 is 0. The van der Waals surface area contributed by atoms with Crippen molar-refractivity contribution in [3.05, 3.63) is 17.8 Å². The molecule has 7 nitrogen and oxygen atoms in total. The molecule has 0 aliphatic carbocycles. The number of nitrogens with two attached hydrogens (primary N) is 2. The molecule has 1 amide bonds. The second-order valence-corrected chi connectivity index (χ2v) is 4.23. The van der Waals surface area contributed by atoms with E-state index in [1.807, 2.05) is 13.8 Å². The summed E-state index contributed by atoms with van der Waals surface area (Å²) in [6.45, 7) is 3.63. The minimum atomic E-state index is -1.15. The predicted octanol–water partition coefficient (Wildman–Crippen LogP) is 0.284. The number of aromatic carboxylic acids is 1. The van der Waals surface area contributed by atoms with Crippen LogP contribution in [0.15, 0.2) is 12.3 Å². The van der Waals surface area contributed by atoms with Crippen LogP contribution in [0.2, 0.25) is 0 Å². The number of carboxylic acids is 1. The van der Waals surface area contributed by atoms with Crippen molar-refractivity contribution in [2.75, 3.05) is 11.1 Å². The Kier molecular flexibility index (Phi) is 4.09. The van der Waals surface area contributed by atoms with Gasteiger partial charge in [0.05, 0.1) is 17.4 Å². The fourth-order valence-corrected chi connectivity index (χ4v) is 1.46. The number of carbonyl (C=O) groups excluding carboxylic acids is 1. The maximum atomic E-state index is 11.2. The van der Waals surface area contributed by atoms with Gasteiger partial charge in [-0.1, -0.05) is 13.8 Å². The zero-order chi connectivity index (χ0) is 13.9. The van der Waals surface area contributed by atoms with E-state index in [-0.39, 0.29) is 23.0 Å². The van der Waals surface area contributed by atoms with E-state index in [9.17, 15) is 9.59 Å². The van der Waals surface area contributed by atoms with Gasteiger partial charge in [-0.15, -0.1) is 0 Å². The summed E-state index contributed by atoms with van der Waals surface area (Å²) in [5.41, 5.74) is 10.7. The fourth-order valence-electron chi connectivity index (χ4n) is 1.46. The zero-order valence-corrected chi connectivity index (χ0v) is 10.2. The molecule has 98 valence electrons. The molecule has 0 radical (unpaired) electrons. The Balaban J connectivity index is 3.01. The Hall–Kier alpha value is -2.31. The van der Waals surface area contributed by atoms with Gasteiger partial charge in [0, 0.05) is 0 Å². The second-order valence-electron chi connectivity index (χ2n) is 4.23. The van der Waals surface area contributed by atoms with E-state index in [4.69, 9.17) is 16.6 Å². The van der Waals surface area contributed by atoms with E-state index in [1.54, 1.807) is 0 Å². The van der Waals surface area contributed by atoms with E-state index >= 15 is 0 Å². The zero-order valence-electron chi connectivity index (χ0n) is 10.2. The first-order chi connectivity index (χ1) is 8.32. The van der Waals surface area contributed by atoms with Crippen molar-refractivity contribution >= 4 is 23.4 Å². The number of hydrogen-bond acceptors (Lipinski definition) is 5. The lowest BCUT2D eigenvalue weighted by molar-refractivity contribution is -0.119. The van der Waals surface area contributed by atoms with Gasteiger partial charge in [-0.2, -0.15) is 0 Å². The van der Waals surface area contributed by atoms with Crippen LogP contribution in [-0.2, 0) is 4.79 Å². The van der Waals surface area contributed by atoms with Crippen molar-refractivity contribution in [1.82, 2.24) is 4.98 Å². The molecule has 18 heavy (non-hydrogen) atoms. The first-order valence-electron chi connectivity index (χ1n) is 5.37. The number of anilines is 2. The molecule has 0 aliphatic rings. The first kappa shape index (κ1) is 13.8. The maximum Gasteiger partial charge on any atom is 0.337 e. The van der Waals surface area contributed by atoms with Crippen molar-refractivity contribution in [1.29, 1.82) is 0 Å². The lowest BCUT2D eigenvalue weighted by Crippen LogP contribution is -2.39. The van der Waals surface area contributed by atoms with Crippen molar-refractivity contribution in [2.45, 2.75) is 19.9 Å². The Morgan fingerprint density at radius 2 is 2.06 bits per heavy atom. The van der Waals surface area contributed by atoms with Crippen LogP contribution < -0.4 is 16.8 Å². The molecular weight excluding hydrogens is 236 g/mol. The van der Waals surface area contributed by atoms with E-state index < -0.39 is 17.9 Å². The number of amides is 1. The van der Waals surface area contributed by atoms with Crippen LogP contribution in [0.3, 0.4) is 0 Å². The van der Waals surface area contributed by atoms with Gasteiger partial charge in [0.15, 0.2) is 0 Å². The topological polar surface area (TPSA) is 131 Å². The van der Waals surface area contributed by atoms with Crippen LogP contribution in [0.25, 0.3) is 0 Å². The Morgan fingerprint density at radius 3 is 2.50 bits per heavy atom. The average Bonchev–Trinajstić information content (AvgIpc) is 2.26. The lowest BCUT2D eigenvalue weighted by Gasteiger charge is -2.19. The molecule has 0 aromatic carbocycles. The molecule has 1 unspecified atom stereocenters. The van der Waals surface area contributed by atoms with Gasteiger partial charge in [-0.25, -0.2) is 9.78 Å². The van der Waals surface area contributed by atoms with Crippen molar-refractivity contribution in [3.8, 4) is 0 Å². The smallest absolute Gasteiger partial charge is 0.337 e. The molecule has 0 spiro atoms. The summed E-state index contributed by atoms with van der Waals surface area (Å²) in [6, 6.07) is 0.651. The number of nitrogens with zero attached hydrogens (tertiary/aromatic N) is 1. The van der Waals surface area contributed by atoms with Crippen molar-refractivity contribution in [3.63, 3.8) is 0 Å². The van der Waals surface area contributed by atoms with E-state index in [0.717, 1.165) is 0 Å². The molecule has 0 saturated heterocycles. The van der Waals surface area contributed by atoms with Gasteiger partial charge in [-0.05, 0) is 12.0 Å². The molecule has 1 heterocycles. The number of primary amides is 1. The summed E-state index contributed by atoms with van der Waals surface area (Å²) in [4.78, 5) is 26.0. The summed E-state index contributed by atoms with van der Waals surface area (Å²) in [5, 5.41) is 11.7. The third-order valence-corrected chi connectivity index (χ3v) is 2.44. The quantitative estimate of drug-likeness (QED) is 0.595. The van der Waals surface area contributed by atoms with Crippen LogP contribution >= 0.6 is 0 Å². The Morgan fingerprint density at radius 1 is 1.44 bits per heavy atom.